The molecule has 5 heterocycles. The highest BCUT2D eigenvalue weighted by Gasteiger charge is 2.50. The summed E-state index contributed by atoms with van der Waals surface area (Å²) in [4.78, 5) is 29.6. The van der Waals surface area contributed by atoms with Crippen LogP contribution in [0.3, 0.4) is 0 Å². The number of nitrogens with two attached hydrogens (primary N) is 2. The fourth-order valence-corrected chi connectivity index (χ4v) is 5.28. The standard InChI is InChI=1S/C16H18F2N11O7PS/c17-5-4(1-30)34-15(28-3-23-7-12(28)24-16(20)25-13(7)31)8(5)35-37(33,38)36-9(18)14(32)29-11-6(26-27-29)10(19)21-2-22-11/h2-5,8-9,14-15,30,32H,1H2,(H,33,38)(H2,19,21,22)(H3,20,24,25,31)/t4-,5+,8-,9?,14-,15-,37?/m1/s1. The molecular formula is C16H18F2N11O7PS. The van der Waals surface area contributed by atoms with Gasteiger partial charge < -0.3 is 26.4 Å². The van der Waals surface area contributed by atoms with Crippen molar-refractivity contribution in [1.29, 1.82) is 0 Å². The van der Waals surface area contributed by atoms with E-state index in [-0.39, 0.29) is 34.1 Å². The number of nitrogens with zero attached hydrogens (tertiary/aromatic N) is 8. The van der Waals surface area contributed by atoms with Crippen LogP contribution in [-0.4, -0.2) is 86.0 Å². The van der Waals surface area contributed by atoms with Crippen molar-refractivity contribution in [3.63, 3.8) is 0 Å². The fourth-order valence-electron chi connectivity index (χ4n) is 3.74. The quantitative estimate of drug-likeness (QED) is 0.108. The molecule has 1 aliphatic heterocycles. The molecule has 1 aliphatic rings. The van der Waals surface area contributed by atoms with Gasteiger partial charge in [0.1, 0.15) is 18.5 Å². The molecule has 0 aromatic carbocycles. The number of anilines is 2. The normalized spacial score (nSPS) is 25.1. The Bertz CT molecular complexity index is 1600. The first-order valence-electron chi connectivity index (χ1n) is 10.5. The zero-order valence-corrected chi connectivity index (χ0v) is 20.4. The van der Waals surface area contributed by atoms with Crippen LogP contribution in [0, 0.1) is 0 Å². The van der Waals surface area contributed by atoms with E-state index in [0.29, 0.717) is 4.68 Å². The summed E-state index contributed by atoms with van der Waals surface area (Å²) in [5.74, 6) is -0.390. The maximum absolute atomic E-state index is 15.2. The van der Waals surface area contributed by atoms with Crippen LogP contribution in [-0.2, 0) is 18.3 Å². The summed E-state index contributed by atoms with van der Waals surface area (Å²) in [7, 11) is 0. The van der Waals surface area contributed by atoms with E-state index in [1.54, 1.807) is 0 Å². The molecule has 7 N–H and O–H groups in total. The van der Waals surface area contributed by atoms with Crippen LogP contribution in [0.4, 0.5) is 20.5 Å². The average molecular weight is 577 g/mol. The van der Waals surface area contributed by atoms with Crippen LogP contribution in [0.25, 0.3) is 22.3 Å². The SMILES string of the molecule is Nc1nc2c(ncn2[C@@H]2O[C@H](CO)[C@H](F)[C@H]2OP(=O)(S)OC(F)[C@@H](O)n2nnc3c(N)ncnc32)c(=O)[nH]1. The summed E-state index contributed by atoms with van der Waals surface area (Å²) in [5.41, 5.74) is 9.94. The van der Waals surface area contributed by atoms with Crippen molar-refractivity contribution in [2.24, 2.45) is 0 Å². The van der Waals surface area contributed by atoms with Crippen molar-refractivity contribution < 1.29 is 37.3 Å². The molecule has 1 saturated heterocycles. The number of rotatable bonds is 8. The molecule has 7 atom stereocenters. The lowest BCUT2D eigenvalue weighted by atomic mass is 10.1. The van der Waals surface area contributed by atoms with Crippen molar-refractivity contribution in [1.82, 2.24) is 44.5 Å². The van der Waals surface area contributed by atoms with Crippen LogP contribution in [0.2, 0.25) is 0 Å². The molecule has 204 valence electrons. The van der Waals surface area contributed by atoms with Gasteiger partial charge in [-0.1, -0.05) is 17.5 Å². The molecule has 0 radical (unpaired) electrons. The summed E-state index contributed by atoms with van der Waals surface area (Å²) in [6, 6.07) is 0. The molecule has 5 rings (SSSR count). The highest BCUT2D eigenvalue weighted by atomic mass is 32.7. The number of aliphatic hydroxyl groups excluding tert-OH is 2. The molecule has 0 saturated carbocycles. The number of thiol groups is 1. The Morgan fingerprint density at radius 1 is 1.29 bits per heavy atom. The summed E-state index contributed by atoms with van der Waals surface area (Å²) >= 11 is 3.70. The van der Waals surface area contributed by atoms with Crippen molar-refractivity contribution >= 4 is 53.1 Å². The van der Waals surface area contributed by atoms with Gasteiger partial charge in [-0.05, 0) is 0 Å². The molecule has 1 fully saturated rings. The number of alkyl halides is 2. The third kappa shape index (κ3) is 4.57. The molecule has 4 aromatic rings. The van der Waals surface area contributed by atoms with Gasteiger partial charge in [0.05, 0.1) is 12.9 Å². The zero-order valence-electron chi connectivity index (χ0n) is 18.6. The summed E-state index contributed by atoms with van der Waals surface area (Å²) < 4.78 is 60.0. The number of hydrogen-bond acceptors (Lipinski definition) is 15. The second kappa shape index (κ2) is 9.76. The number of aromatic amines is 1. The van der Waals surface area contributed by atoms with Crippen molar-refractivity contribution in [2.75, 3.05) is 18.1 Å². The molecule has 38 heavy (non-hydrogen) atoms. The minimum Gasteiger partial charge on any atom is -0.394 e. The lowest BCUT2D eigenvalue weighted by Crippen LogP contribution is -2.32. The van der Waals surface area contributed by atoms with Gasteiger partial charge in [0.15, 0.2) is 40.5 Å². The lowest BCUT2D eigenvalue weighted by Gasteiger charge is -2.25. The van der Waals surface area contributed by atoms with Crippen LogP contribution in [0.1, 0.15) is 12.5 Å². The van der Waals surface area contributed by atoms with E-state index in [1.165, 1.54) is 0 Å². The summed E-state index contributed by atoms with van der Waals surface area (Å²) in [6.45, 7) is -5.65. The second-order valence-electron chi connectivity index (χ2n) is 7.84. The number of aromatic nitrogens is 9. The minimum atomic E-state index is -4.82. The number of fused-ring (bicyclic) bond motifs is 2. The van der Waals surface area contributed by atoms with Crippen molar-refractivity contribution in [3.8, 4) is 0 Å². The first kappa shape index (κ1) is 26.3. The third-order valence-corrected chi connectivity index (χ3v) is 6.98. The highest BCUT2D eigenvalue weighted by Crippen LogP contribution is 2.58. The van der Waals surface area contributed by atoms with Gasteiger partial charge in [-0.3, -0.25) is 23.4 Å². The van der Waals surface area contributed by atoms with Gasteiger partial charge in [-0.15, -0.1) is 5.10 Å². The third-order valence-electron chi connectivity index (χ3n) is 5.43. The number of H-pyrrole nitrogens is 1. The van der Waals surface area contributed by atoms with Gasteiger partial charge >= 0.3 is 6.80 Å². The first-order chi connectivity index (χ1) is 18.0. The van der Waals surface area contributed by atoms with E-state index in [0.717, 1.165) is 17.2 Å². The van der Waals surface area contributed by atoms with Crippen LogP contribution < -0.4 is 17.0 Å². The topological polar surface area (TPSA) is 257 Å². The molecule has 0 spiro atoms. The van der Waals surface area contributed by atoms with Crippen molar-refractivity contribution in [3.05, 3.63) is 23.0 Å². The molecule has 0 bridgehead atoms. The Kier molecular flexibility index (Phi) is 6.75. The van der Waals surface area contributed by atoms with E-state index in [2.05, 4.69) is 47.5 Å². The summed E-state index contributed by atoms with van der Waals surface area (Å²) in [6.07, 6.45) is -10.0. The number of nitrogens with one attached hydrogen (secondary N) is 1. The minimum absolute atomic E-state index is 0.0500. The number of aliphatic hydroxyl groups is 2. The Labute approximate surface area is 213 Å². The number of halogens is 2. The predicted octanol–water partition coefficient (Wildman–Crippen LogP) is -1.03. The van der Waals surface area contributed by atoms with E-state index in [4.69, 9.17) is 25.3 Å². The number of hydrogen-bond donors (Lipinski definition) is 6. The van der Waals surface area contributed by atoms with Gasteiger partial charge in [-0.2, -0.15) is 9.67 Å². The highest BCUT2D eigenvalue weighted by molar-refractivity contribution is 8.44. The molecule has 18 nitrogen and oxygen atoms in total. The Balaban J connectivity index is 1.40. The maximum Gasteiger partial charge on any atom is 0.389 e. The predicted molar refractivity (Wildman–Crippen MR) is 125 cm³/mol. The number of nitrogen functional groups attached to an aromatic ring is 2. The maximum atomic E-state index is 15.2. The van der Waals surface area contributed by atoms with Gasteiger partial charge in [-0.25, -0.2) is 28.3 Å². The molecule has 0 amide bonds. The zero-order chi connectivity index (χ0) is 27.4. The smallest absolute Gasteiger partial charge is 0.389 e. The lowest BCUT2D eigenvalue weighted by molar-refractivity contribution is -0.0988. The van der Waals surface area contributed by atoms with Crippen LogP contribution in [0.15, 0.2) is 17.4 Å². The number of ether oxygens (including phenoxy) is 1. The van der Waals surface area contributed by atoms with Gasteiger partial charge in [0.2, 0.25) is 12.2 Å². The number of imidazole rings is 1. The molecule has 4 aromatic heterocycles. The first-order valence-corrected chi connectivity index (χ1v) is 13.2. The largest absolute Gasteiger partial charge is 0.394 e. The second-order valence-corrected chi connectivity index (χ2v) is 10.7. The van der Waals surface area contributed by atoms with E-state index in [9.17, 15) is 24.0 Å². The van der Waals surface area contributed by atoms with Crippen LogP contribution in [0.5, 0.6) is 0 Å². The van der Waals surface area contributed by atoms with E-state index >= 15 is 4.39 Å². The van der Waals surface area contributed by atoms with Crippen molar-refractivity contribution in [2.45, 2.75) is 37.2 Å². The van der Waals surface area contributed by atoms with Gasteiger partial charge in [0, 0.05) is 0 Å². The Hall–Kier alpha value is -3.33. The molecule has 22 heteroatoms. The monoisotopic (exact) mass is 577 g/mol. The van der Waals surface area contributed by atoms with Crippen LogP contribution >= 0.6 is 19.0 Å². The van der Waals surface area contributed by atoms with E-state index in [1.807, 2.05) is 0 Å². The van der Waals surface area contributed by atoms with Gasteiger partial charge in [0.25, 0.3) is 11.9 Å². The summed E-state index contributed by atoms with van der Waals surface area (Å²) in [5, 5.41) is 27.0. The molecule has 2 unspecified atom stereocenters. The molecular weight excluding hydrogens is 559 g/mol. The Morgan fingerprint density at radius 3 is 2.79 bits per heavy atom. The fraction of sp³-hybridized carbons (Fsp3) is 0.438. The average Bonchev–Trinajstić information content (AvgIpc) is 3.55. The molecule has 0 aliphatic carbocycles. The Morgan fingerprint density at radius 2 is 2.05 bits per heavy atom. The van der Waals surface area contributed by atoms with E-state index < -0.39 is 56.2 Å².